The highest BCUT2D eigenvalue weighted by atomic mass is 16.3. The number of nitrogens with zero attached hydrogens (tertiary/aromatic N) is 4. The van der Waals surface area contributed by atoms with Crippen LogP contribution >= 0.6 is 0 Å². The molecule has 6 heteroatoms. The van der Waals surface area contributed by atoms with E-state index >= 15 is 0 Å². The van der Waals surface area contributed by atoms with Crippen molar-refractivity contribution in [3.8, 4) is 17.9 Å². The molecule has 0 unspecified atom stereocenters. The first kappa shape index (κ1) is 12.5. The first-order valence-electron chi connectivity index (χ1n) is 5.90. The Morgan fingerprint density at radius 3 is 2.38 bits per heavy atom. The van der Waals surface area contributed by atoms with Crippen LogP contribution in [0.4, 0.5) is 0 Å². The fourth-order valence-corrected chi connectivity index (χ4v) is 2.22. The van der Waals surface area contributed by atoms with Crippen molar-refractivity contribution >= 4 is 28.1 Å². The molecule has 3 rings (SSSR count). The number of phenols is 1. The largest absolute Gasteiger partial charge is 0.508 e. The lowest BCUT2D eigenvalue weighted by Gasteiger charge is -2.06. The number of carbonyl (C=O) groups is 1. The molecule has 6 nitrogen and oxygen atoms in total. The van der Waals surface area contributed by atoms with Gasteiger partial charge in [0.1, 0.15) is 23.4 Å². The van der Waals surface area contributed by atoms with Crippen LogP contribution in [0.5, 0.6) is 5.75 Å². The van der Waals surface area contributed by atoms with E-state index in [4.69, 9.17) is 10.5 Å². The summed E-state index contributed by atoms with van der Waals surface area (Å²) in [5, 5.41) is 36.8. The molecule has 1 aromatic heterocycles. The third-order valence-electron chi connectivity index (χ3n) is 3.18. The summed E-state index contributed by atoms with van der Waals surface area (Å²) in [6, 6.07) is 9.59. The van der Waals surface area contributed by atoms with Crippen molar-refractivity contribution in [1.29, 1.82) is 10.5 Å². The van der Waals surface area contributed by atoms with Gasteiger partial charge in [-0.1, -0.05) is 0 Å². The number of phenolic OH excluding ortho intramolecular Hbond substituents is 1. The summed E-state index contributed by atoms with van der Waals surface area (Å²) in [6.07, 6.45) is 0.581. The van der Waals surface area contributed by atoms with Gasteiger partial charge in [0, 0.05) is 16.3 Å². The summed E-state index contributed by atoms with van der Waals surface area (Å²) in [5.74, 6) is -0.0817. The van der Waals surface area contributed by atoms with E-state index in [9.17, 15) is 9.90 Å². The normalized spacial score (nSPS) is 10.2. The number of aromatic hydroxyl groups is 1. The molecule has 0 aliphatic rings. The van der Waals surface area contributed by atoms with E-state index in [1.807, 2.05) is 12.1 Å². The van der Waals surface area contributed by atoms with Crippen LogP contribution in [0.2, 0.25) is 0 Å². The molecule has 2 aromatic carbocycles. The van der Waals surface area contributed by atoms with Crippen molar-refractivity contribution in [2.45, 2.75) is 0 Å². The van der Waals surface area contributed by atoms with Gasteiger partial charge < -0.3 is 5.11 Å². The number of hydrogen-bond donors (Lipinski definition) is 1. The summed E-state index contributed by atoms with van der Waals surface area (Å²) in [4.78, 5) is 11.1. The minimum absolute atomic E-state index is 0.0817. The first-order valence-corrected chi connectivity index (χ1v) is 5.90. The lowest BCUT2D eigenvalue weighted by atomic mass is 10.0. The van der Waals surface area contributed by atoms with E-state index in [1.54, 1.807) is 0 Å². The van der Waals surface area contributed by atoms with Gasteiger partial charge in [-0.15, -0.1) is 10.2 Å². The Labute approximate surface area is 118 Å². The van der Waals surface area contributed by atoms with Crippen molar-refractivity contribution < 1.29 is 9.90 Å². The molecule has 1 N–H and O–H groups in total. The van der Waals surface area contributed by atoms with Crippen LogP contribution in [0, 0.1) is 22.7 Å². The molecule has 0 atom stereocenters. The van der Waals surface area contributed by atoms with Gasteiger partial charge in [0.15, 0.2) is 6.29 Å². The Hall–Kier alpha value is -3.51. The number of fused-ring (bicyclic) bond motifs is 3. The van der Waals surface area contributed by atoms with Gasteiger partial charge in [0.05, 0.1) is 16.6 Å². The highest BCUT2D eigenvalue weighted by Gasteiger charge is 2.12. The zero-order valence-corrected chi connectivity index (χ0v) is 10.5. The van der Waals surface area contributed by atoms with Gasteiger partial charge in [-0.2, -0.15) is 10.5 Å². The maximum Gasteiger partial charge on any atom is 0.152 e. The maximum absolute atomic E-state index is 11.1. The van der Waals surface area contributed by atoms with E-state index in [2.05, 4.69) is 10.2 Å². The summed E-state index contributed by atoms with van der Waals surface area (Å²) >= 11 is 0. The number of benzene rings is 2. The van der Waals surface area contributed by atoms with Crippen LogP contribution in [0.15, 0.2) is 24.3 Å². The van der Waals surface area contributed by atoms with Crippen molar-refractivity contribution in [1.82, 2.24) is 10.2 Å². The molecule has 1 heterocycles. The second-order valence-corrected chi connectivity index (χ2v) is 4.39. The smallest absolute Gasteiger partial charge is 0.152 e. The lowest BCUT2D eigenvalue weighted by molar-refractivity contribution is 0.112. The Balaban J connectivity index is 2.55. The lowest BCUT2D eigenvalue weighted by Crippen LogP contribution is -1.94. The average molecular weight is 274 g/mol. The van der Waals surface area contributed by atoms with Gasteiger partial charge in [-0.05, 0) is 24.3 Å². The minimum Gasteiger partial charge on any atom is -0.508 e. The monoisotopic (exact) mass is 274 g/mol. The Morgan fingerprint density at radius 1 is 1.00 bits per heavy atom. The molecule has 0 bridgehead atoms. The van der Waals surface area contributed by atoms with Crippen LogP contribution in [-0.2, 0) is 0 Å². The standard InChI is InChI=1S/C15H6N4O2/c16-5-8-2-12-13-4-11(21)1-10(7-20)15(13)19-18-14(12)3-9(8)6-17/h1-4,7,21H. The zero-order valence-electron chi connectivity index (χ0n) is 10.5. The van der Waals surface area contributed by atoms with E-state index in [0.717, 1.165) is 0 Å². The van der Waals surface area contributed by atoms with Crippen LogP contribution in [-0.4, -0.2) is 21.6 Å². The van der Waals surface area contributed by atoms with Crippen LogP contribution in [0.25, 0.3) is 21.8 Å². The average Bonchev–Trinajstić information content (AvgIpc) is 2.52. The van der Waals surface area contributed by atoms with Gasteiger partial charge >= 0.3 is 0 Å². The molecule has 0 aliphatic heterocycles. The molecule has 0 saturated carbocycles. The van der Waals surface area contributed by atoms with E-state index in [0.29, 0.717) is 28.1 Å². The second kappa shape index (κ2) is 4.55. The Bertz CT molecular complexity index is 997. The van der Waals surface area contributed by atoms with E-state index in [-0.39, 0.29) is 22.4 Å². The topological polar surface area (TPSA) is 111 Å². The zero-order chi connectivity index (χ0) is 15.0. The number of carbonyl (C=O) groups excluding carboxylic acids is 1. The van der Waals surface area contributed by atoms with Gasteiger partial charge in [0.25, 0.3) is 0 Å². The molecule has 0 spiro atoms. The molecular formula is C15H6N4O2. The van der Waals surface area contributed by atoms with Crippen molar-refractivity contribution in [2.24, 2.45) is 0 Å². The molecule has 0 radical (unpaired) electrons. The number of nitriles is 2. The molecular weight excluding hydrogens is 268 g/mol. The fourth-order valence-electron chi connectivity index (χ4n) is 2.22. The summed E-state index contributed by atoms with van der Waals surface area (Å²) in [5.41, 5.74) is 1.37. The highest BCUT2D eigenvalue weighted by molar-refractivity contribution is 6.09. The van der Waals surface area contributed by atoms with Crippen molar-refractivity contribution in [2.75, 3.05) is 0 Å². The first-order chi connectivity index (χ1) is 10.2. The third kappa shape index (κ3) is 1.83. The third-order valence-corrected chi connectivity index (χ3v) is 3.18. The summed E-state index contributed by atoms with van der Waals surface area (Å²) in [6.45, 7) is 0. The van der Waals surface area contributed by atoms with Gasteiger partial charge in [-0.25, -0.2) is 0 Å². The quantitative estimate of drug-likeness (QED) is 0.537. The second-order valence-electron chi connectivity index (χ2n) is 4.39. The summed E-state index contributed by atoms with van der Waals surface area (Å²) < 4.78 is 0. The predicted octanol–water partition coefficient (Wildman–Crippen LogP) is 2.04. The van der Waals surface area contributed by atoms with Gasteiger partial charge in [-0.3, -0.25) is 4.79 Å². The minimum atomic E-state index is -0.0817. The molecule has 3 aromatic rings. The molecule has 0 aliphatic carbocycles. The molecule has 0 saturated heterocycles. The number of rotatable bonds is 1. The van der Waals surface area contributed by atoms with Crippen LogP contribution in [0.3, 0.4) is 0 Å². The predicted molar refractivity (Wildman–Crippen MR) is 73.5 cm³/mol. The highest BCUT2D eigenvalue weighted by Crippen LogP contribution is 2.29. The van der Waals surface area contributed by atoms with E-state index < -0.39 is 0 Å². The molecule has 0 amide bonds. The molecule has 21 heavy (non-hydrogen) atoms. The number of hydrogen-bond acceptors (Lipinski definition) is 6. The fraction of sp³-hybridized carbons (Fsp3) is 0. The molecule has 0 fully saturated rings. The van der Waals surface area contributed by atoms with Crippen molar-refractivity contribution in [3.63, 3.8) is 0 Å². The molecule has 98 valence electrons. The number of aldehydes is 1. The Morgan fingerprint density at radius 2 is 1.71 bits per heavy atom. The number of aromatic nitrogens is 2. The Kier molecular flexibility index (Phi) is 2.71. The van der Waals surface area contributed by atoms with Gasteiger partial charge in [0.2, 0.25) is 0 Å². The maximum atomic E-state index is 11.1. The van der Waals surface area contributed by atoms with E-state index in [1.165, 1.54) is 24.3 Å². The van der Waals surface area contributed by atoms with Crippen LogP contribution in [0.1, 0.15) is 21.5 Å². The SMILES string of the molecule is N#Cc1cc2nnc3c(C=O)cc(O)cc3c2cc1C#N. The summed E-state index contributed by atoms with van der Waals surface area (Å²) in [7, 11) is 0. The van der Waals surface area contributed by atoms with Crippen LogP contribution < -0.4 is 0 Å². The van der Waals surface area contributed by atoms with Crippen molar-refractivity contribution in [3.05, 3.63) is 41.0 Å².